The molecule has 2 heterocycles. The van der Waals surface area contributed by atoms with E-state index >= 15 is 0 Å². The van der Waals surface area contributed by atoms with Crippen molar-refractivity contribution in [2.75, 3.05) is 19.6 Å². The second-order valence-electron chi connectivity index (χ2n) is 7.57. The van der Waals surface area contributed by atoms with Crippen LogP contribution in [0.2, 0.25) is 0 Å². The predicted molar refractivity (Wildman–Crippen MR) is 107 cm³/mol. The van der Waals surface area contributed by atoms with E-state index in [-0.39, 0.29) is 0 Å². The lowest BCUT2D eigenvalue weighted by Crippen LogP contribution is -2.48. The summed E-state index contributed by atoms with van der Waals surface area (Å²) in [6.07, 6.45) is 6.96. The van der Waals surface area contributed by atoms with Crippen molar-refractivity contribution in [3.05, 3.63) is 54.1 Å². The number of rotatable bonds is 5. The van der Waals surface area contributed by atoms with Gasteiger partial charge in [-0.25, -0.2) is 9.98 Å². The van der Waals surface area contributed by atoms with Crippen molar-refractivity contribution in [3.63, 3.8) is 0 Å². The number of piperidine rings is 1. The van der Waals surface area contributed by atoms with Gasteiger partial charge in [-0.1, -0.05) is 38.1 Å². The molecule has 0 radical (unpaired) electrons. The van der Waals surface area contributed by atoms with E-state index in [9.17, 15) is 0 Å². The Hall–Kier alpha value is -2.30. The molecule has 1 saturated heterocycles. The molecular formula is C21H31N5. The van der Waals surface area contributed by atoms with Crippen LogP contribution in [0.25, 0.3) is 0 Å². The van der Waals surface area contributed by atoms with Gasteiger partial charge in [-0.05, 0) is 36.3 Å². The molecule has 1 N–H and O–H groups in total. The van der Waals surface area contributed by atoms with Crippen molar-refractivity contribution in [1.29, 1.82) is 0 Å². The number of imidazole rings is 1. The van der Waals surface area contributed by atoms with Gasteiger partial charge in [0.2, 0.25) is 0 Å². The maximum atomic E-state index is 4.90. The van der Waals surface area contributed by atoms with Gasteiger partial charge in [0, 0.05) is 38.6 Å². The molecule has 26 heavy (non-hydrogen) atoms. The van der Waals surface area contributed by atoms with Crippen LogP contribution < -0.4 is 5.32 Å². The summed E-state index contributed by atoms with van der Waals surface area (Å²) in [6.45, 7) is 11.5. The zero-order chi connectivity index (χ0) is 18.4. The molecule has 1 fully saturated rings. The van der Waals surface area contributed by atoms with Crippen molar-refractivity contribution >= 4 is 5.96 Å². The first kappa shape index (κ1) is 18.5. The van der Waals surface area contributed by atoms with E-state index < -0.39 is 0 Å². The third-order valence-electron chi connectivity index (χ3n) is 4.86. The fourth-order valence-electron chi connectivity index (χ4n) is 3.77. The molecule has 2 unspecified atom stereocenters. The van der Waals surface area contributed by atoms with Gasteiger partial charge in [0.1, 0.15) is 0 Å². The van der Waals surface area contributed by atoms with Gasteiger partial charge in [0.25, 0.3) is 0 Å². The Morgan fingerprint density at radius 3 is 2.46 bits per heavy atom. The zero-order valence-corrected chi connectivity index (χ0v) is 16.2. The van der Waals surface area contributed by atoms with Crippen LogP contribution in [0, 0.1) is 11.8 Å². The third kappa shape index (κ3) is 5.10. The number of benzene rings is 1. The topological polar surface area (TPSA) is 45.5 Å². The van der Waals surface area contributed by atoms with Gasteiger partial charge < -0.3 is 14.8 Å². The highest BCUT2D eigenvalue weighted by molar-refractivity contribution is 5.80. The summed E-state index contributed by atoms with van der Waals surface area (Å²) in [5.41, 5.74) is 2.52. The quantitative estimate of drug-likeness (QED) is 0.662. The number of aliphatic imine (C=N–C) groups is 1. The first-order valence-corrected chi connectivity index (χ1v) is 9.71. The van der Waals surface area contributed by atoms with Gasteiger partial charge in [-0.2, -0.15) is 0 Å². The Morgan fingerprint density at radius 1 is 1.15 bits per heavy atom. The Labute approximate surface area is 157 Å². The van der Waals surface area contributed by atoms with Gasteiger partial charge >= 0.3 is 0 Å². The Bertz CT molecular complexity index is 680. The molecule has 5 heteroatoms. The van der Waals surface area contributed by atoms with Crippen LogP contribution in [0.4, 0.5) is 0 Å². The highest BCUT2D eigenvalue weighted by Gasteiger charge is 2.23. The Morgan fingerprint density at radius 2 is 1.85 bits per heavy atom. The summed E-state index contributed by atoms with van der Waals surface area (Å²) >= 11 is 0. The lowest BCUT2D eigenvalue weighted by Gasteiger charge is -2.37. The van der Waals surface area contributed by atoms with Gasteiger partial charge in [0.05, 0.1) is 12.9 Å². The van der Waals surface area contributed by atoms with E-state index in [1.807, 2.05) is 18.7 Å². The van der Waals surface area contributed by atoms with Crippen LogP contribution in [-0.4, -0.2) is 40.0 Å². The molecule has 0 spiro atoms. The molecule has 0 bridgehead atoms. The van der Waals surface area contributed by atoms with E-state index in [4.69, 9.17) is 4.99 Å². The fraction of sp³-hybridized carbons (Fsp3) is 0.524. The van der Waals surface area contributed by atoms with E-state index in [0.717, 1.165) is 44.0 Å². The standard InChI is InChI=1S/C21H31N5/c1-4-23-21(26-13-17(2)11-18(3)14-26)24-12-19-5-7-20(8-6-19)15-25-10-9-22-16-25/h5-10,16-18H,4,11-15H2,1-3H3,(H,23,24). The number of hydrogen-bond donors (Lipinski definition) is 1. The number of hydrogen-bond acceptors (Lipinski definition) is 2. The Balaban J connectivity index is 1.63. The van der Waals surface area contributed by atoms with Crippen LogP contribution in [0.5, 0.6) is 0 Å². The minimum Gasteiger partial charge on any atom is -0.357 e. The minimum atomic E-state index is 0.715. The maximum absolute atomic E-state index is 4.90. The second-order valence-corrected chi connectivity index (χ2v) is 7.57. The number of guanidine groups is 1. The van der Waals surface area contributed by atoms with E-state index in [2.05, 4.69) is 64.8 Å². The molecule has 5 nitrogen and oxygen atoms in total. The summed E-state index contributed by atoms with van der Waals surface area (Å²) in [6, 6.07) is 8.73. The molecule has 2 aromatic rings. The van der Waals surface area contributed by atoms with Crippen LogP contribution >= 0.6 is 0 Å². The van der Waals surface area contributed by atoms with Gasteiger partial charge in [-0.15, -0.1) is 0 Å². The van der Waals surface area contributed by atoms with Gasteiger partial charge in [-0.3, -0.25) is 0 Å². The third-order valence-corrected chi connectivity index (χ3v) is 4.86. The molecule has 0 amide bonds. The molecular weight excluding hydrogens is 322 g/mol. The average Bonchev–Trinajstić information content (AvgIpc) is 3.12. The van der Waals surface area contributed by atoms with Crippen molar-refractivity contribution in [3.8, 4) is 0 Å². The predicted octanol–water partition coefficient (Wildman–Crippen LogP) is 3.37. The molecule has 1 aliphatic heterocycles. The van der Waals surface area contributed by atoms with Crippen LogP contribution in [0.1, 0.15) is 38.3 Å². The maximum Gasteiger partial charge on any atom is 0.194 e. The number of nitrogens with zero attached hydrogens (tertiary/aromatic N) is 4. The normalized spacial score (nSPS) is 21.0. The second kappa shape index (κ2) is 8.88. The fourth-order valence-corrected chi connectivity index (χ4v) is 3.77. The molecule has 1 aromatic carbocycles. The van der Waals surface area contributed by atoms with E-state index in [0.29, 0.717) is 6.54 Å². The zero-order valence-electron chi connectivity index (χ0n) is 16.2. The smallest absolute Gasteiger partial charge is 0.194 e. The summed E-state index contributed by atoms with van der Waals surface area (Å²) in [4.78, 5) is 11.4. The lowest BCUT2D eigenvalue weighted by molar-refractivity contribution is 0.208. The monoisotopic (exact) mass is 353 g/mol. The largest absolute Gasteiger partial charge is 0.357 e. The molecule has 3 rings (SSSR count). The SMILES string of the molecule is CCNC(=NCc1ccc(Cn2ccnc2)cc1)N1CC(C)CC(C)C1. The summed E-state index contributed by atoms with van der Waals surface area (Å²) in [7, 11) is 0. The molecule has 0 saturated carbocycles. The van der Waals surface area contributed by atoms with Crippen molar-refractivity contribution in [2.45, 2.75) is 40.3 Å². The molecule has 2 atom stereocenters. The molecule has 0 aliphatic carbocycles. The lowest BCUT2D eigenvalue weighted by atomic mass is 9.92. The summed E-state index contributed by atoms with van der Waals surface area (Å²) in [5, 5.41) is 3.47. The van der Waals surface area contributed by atoms with Crippen LogP contribution in [0.15, 0.2) is 48.0 Å². The first-order valence-electron chi connectivity index (χ1n) is 9.71. The summed E-state index contributed by atoms with van der Waals surface area (Å²) in [5.74, 6) is 2.50. The number of likely N-dealkylation sites (tertiary alicyclic amines) is 1. The van der Waals surface area contributed by atoms with Crippen LogP contribution in [-0.2, 0) is 13.1 Å². The summed E-state index contributed by atoms with van der Waals surface area (Å²) < 4.78 is 2.08. The first-order chi connectivity index (χ1) is 12.6. The highest BCUT2D eigenvalue weighted by atomic mass is 15.3. The number of nitrogens with one attached hydrogen (secondary N) is 1. The molecule has 140 valence electrons. The number of aromatic nitrogens is 2. The van der Waals surface area contributed by atoms with Crippen LogP contribution in [0.3, 0.4) is 0 Å². The average molecular weight is 354 g/mol. The Kier molecular flexibility index (Phi) is 6.31. The van der Waals surface area contributed by atoms with Crippen molar-refractivity contribution < 1.29 is 0 Å². The van der Waals surface area contributed by atoms with Gasteiger partial charge in [0.15, 0.2) is 5.96 Å². The van der Waals surface area contributed by atoms with E-state index in [1.165, 1.54) is 17.5 Å². The highest BCUT2D eigenvalue weighted by Crippen LogP contribution is 2.21. The van der Waals surface area contributed by atoms with Crippen molar-refractivity contribution in [2.24, 2.45) is 16.8 Å². The van der Waals surface area contributed by atoms with E-state index in [1.54, 1.807) is 0 Å². The van der Waals surface area contributed by atoms with Crippen molar-refractivity contribution in [1.82, 2.24) is 19.8 Å². The minimum absolute atomic E-state index is 0.715. The molecule has 1 aliphatic rings. The molecule has 1 aromatic heterocycles.